The van der Waals surface area contributed by atoms with Gasteiger partial charge in [0.05, 0.1) is 11.5 Å². The van der Waals surface area contributed by atoms with E-state index in [1.165, 1.54) is 44.9 Å². The van der Waals surface area contributed by atoms with Gasteiger partial charge in [-0.25, -0.2) is 8.42 Å². The van der Waals surface area contributed by atoms with Crippen LogP contribution in [0.25, 0.3) is 0 Å². The molecule has 3 fully saturated rings. The monoisotopic (exact) mass is 497 g/mol. The Morgan fingerprint density at radius 2 is 1.81 bits per heavy atom. The fourth-order valence-corrected chi connectivity index (χ4v) is 6.69. The molecule has 2 aliphatic carbocycles. The highest BCUT2D eigenvalue weighted by Crippen LogP contribution is 2.40. The molecule has 5 nitrogen and oxygen atoms in total. The fourth-order valence-electron chi connectivity index (χ4n) is 4.84. The maximum Gasteiger partial charge on any atom is 0.191 e. The van der Waals surface area contributed by atoms with E-state index in [-0.39, 0.29) is 29.9 Å². The lowest BCUT2D eigenvalue weighted by Crippen LogP contribution is -2.48. The predicted octanol–water partition coefficient (Wildman–Crippen LogP) is 3.34. The number of hydrogen-bond donors (Lipinski definition) is 2. The van der Waals surface area contributed by atoms with E-state index in [0.717, 1.165) is 24.2 Å². The van der Waals surface area contributed by atoms with Crippen LogP contribution in [-0.4, -0.2) is 44.5 Å². The molecule has 7 heteroatoms. The molecule has 2 saturated carbocycles. The van der Waals surface area contributed by atoms with E-state index in [2.05, 4.69) is 24.5 Å². The van der Waals surface area contributed by atoms with E-state index >= 15 is 0 Å². The van der Waals surface area contributed by atoms with Gasteiger partial charge in [0.2, 0.25) is 0 Å². The molecule has 1 saturated heterocycles. The summed E-state index contributed by atoms with van der Waals surface area (Å²) in [6, 6.07) is 0.834. The van der Waals surface area contributed by atoms with Crippen LogP contribution in [0.15, 0.2) is 4.99 Å². The summed E-state index contributed by atoms with van der Waals surface area (Å²) in [4.78, 5) is 4.74. The number of rotatable bonds is 4. The second-order valence-electron chi connectivity index (χ2n) is 8.72. The smallest absolute Gasteiger partial charge is 0.191 e. The van der Waals surface area contributed by atoms with Gasteiger partial charge in [-0.3, -0.25) is 4.99 Å². The van der Waals surface area contributed by atoms with E-state index in [4.69, 9.17) is 4.99 Å². The van der Waals surface area contributed by atoms with Gasteiger partial charge in [-0.2, -0.15) is 0 Å². The lowest BCUT2D eigenvalue weighted by atomic mass is 9.69. The zero-order valence-corrected chi connectivity index (χ0v) is 19.4. The van der Waals surface area contributed by atoms with Gasteiger partial charge in [-0.15, -0.1) is 24.0 Å². The topological polar surface area (TPSA) is 70.6 Å². The molecule has 0 bridgehead atoms. The molecule has 0 amide bonds. The molecule has 0 aromatic heterocycles. The highest BCUT2D eigenvalue weighted by molar-refractivity contribution is 14.0. The van der Waals surface area contributed by atoms with Gasteiger partial charge in [0, 0.05) is 18.6 Å². The minimum atomic E-state index is -2.82. The average molecular weight is 497 g/mol. The minimum absolute atomic E-state index is 0. The van der Waals surface area contributed by atoms with Crippen molar-refractivity contribution >= 4 is 39.8 Å². The molecule has 26 heavy (non-hydrogen) atoms. The van der Waals surface area contributed by atoms with Gasteiger partial charge >= 0.3 is 0 Å². The molecule has 0 spiro atoms. The van der Waals surface area contributed by atoms with Crippen LogP contribution in [0, 0.1) is 17.8 Å². The van der Waals surface area contributed by atoms with Crippen LogP contribution in [0.3, 0.4) is 0 Å². The molecular formula is C19H36IN3O2S. The minimum Gasteiger partial charge on any atom is -0.354 e. The molecule has 1 heterocycles. The Morgan fingerprint density at radius 3 is 2.46 bits per heavy atom. The van der Waals surface area contributed by atoms with E-state index in [1.807, 2.05) is 0 Å². The van der Waals surface area contributed by atoms with Crippen molar-refractivity contribution in [3.8, 4) is 0 Å². The van der Waals surface area contributed by atoms with Crippen molar-refractivity contribution in [3.63, 3.8) is 0 Å². The first-order valence-corrected chi connectivity index (χ1v) is 12.0. The Bertz CT molecular complexity index is 579. The van der Waals surface area contributed by atoms with Crippen LogP contribution in [-0.2, 0) is 9.84 Å². The Labute approximate surface area is 176 Å². The normalized spacial score (nSPS) is 34.0. The van der Waals surface area contributed by atoms with Gasteiger partial charge in [-0.1, -0.05) is 25.7 Å². The first-order chi connectivity index (χ1) is 11.9. The highest BCUT2D eigenvalue weighted by Gasteiger charge is 2.32. The number of fused-ring (bicyclic) bond motifs is 1. The van der Waals surface area contributed by atoms with Crippen LogP contribution in [0.4, 0.5) is 0 Å². The van der Waals surface area contributed by atoms with Crippen molar-refractivity contribution in [1.29, 1.82) is 0 Å². The second-order valence-corrected chi connectivity index (χ2v) is 10.9. The lowest BCUT2D eigenvalue weighted by Gasteiger charge is -2.40. The summed E-state index contributed by atoms with van der Waals surface area (Å²) in [6.07, 6.45) is 10.2. The highest BCUT2D eigenvalue weighted by atomic mass is 127. The molecule has 4 atom stereocenters. The fraction of sp³-hybridized carbons (Fsp3) is 0.947. The number of aliphatic imine (C=N–C) groups is 1. The second kappa shape index (κ2) is 9.94. The quantitative estimate of drug-likeness (QED) is 0.355. The van der Waals surface area contributed by atoms with E-state index in [0.29, 0.717) is 30.1 Å². The van der Waals surface area contributed by atoms with Crippen LogP contribution >= 0.6 is 24.0 Å². The molecule has 4 unspecified atom stereocenters. The van der Waals surface area contributed by atoms with Gasteiger partial charge in [-0.05, 0) is 57.3 Å². The largest absolute Gasteiger partial charge is 0.354 e. The molecular weight excluding hydrogens is 461 g/mol. The Kier molecular flexibility index (Phi) is 8.50. The van der Waals surface area contributed by atoms with Crippen molar-refractivity contribution < 1.29 is 8.42 Å². The molecule has 152 valence electrons. The summed E-state index contributed by atoms with van der Waals surface area (Å²) in [5, 5.41) is 7.09. The Hall–Kier alpha value is -0.0500. The summed E-state index contributed by atoms with van der Waals surface area (Å²) in [6.45, 7) is 4.85. The Balaban J connectivity index is 0.00000243. The first kappa shape index (κ1) is 22.2. The maximum atomic E-state index is 11.6. The van der Waals surface area contributed by atoms with Crippen molar-refractivity contribution in [3.05, 3.63) is 0 Å². The number of sulfone groups is 1. The van der Waals surface area contributed by atoms with Gasteiger partial charge in [0.25, 0.3) is 0 Å². The van der Waals surface area contributed by atoms with Crippen LogP contribution < -0.4 is 10.6 Å². The molecule has 3 aliphatic rings. The van der Waals surface area contributed by atoms with Crippen molar-refractivity contribution in [2.75, 3.05) is 18.1 Å². The van der Waals surface area contributed by atoms with E-state index in [1.54, 1.807) is 0 Å². The third kappa shape index (κ3) is 6.53. The van der Waals surface area contributed by atoms with Crippen LogP contribution in [0.5, 0.6) is 0 Å². The molecule has 3 rings (SSSR count). The number of guanidine groups is 1. The zero-order valence-electron chi connectivity index (χ0n) is 16.2. The summed E-state index contributed by atoms with van der Waals surface area (Å²) in [5.41, 5.74) is 0. The van der Waals surface area contributed by atoms with Gasteiger partial charge in [0.1, 0.15) is 0 Å². The third-order valence-corrected chi connectivity index (χ3v) is 7.98. The first-order valence-electron chi connectivity index (χ1n) is 10.2. The molecule has 0 radical (unpaired) electrons. The van der Waals surface area contributed by atoms with Crippen LogP contribution in [0.1, 0.15) is 65.2 Å². The van der Waals surface area contributed by atoms with E-state index < -0.39 is 9.84 Å². The molecule has 2 N–H and O–H groups in total. The van der Waals surface area contributed by atoms with Crippen molar-refractivity contribution in [1.82, 2.24) is 10.6 Å². The number of nitrogens with one attached hydrogen (secondary N) is 2. The van der Waals surface area contributed by atoms with Gasteiger partial charge in [0.15, 0.2) is 15.8 Å². The maximum absolute atomic E-state index is 11.6. The van der Waals surface area contributed by atoms with Crippen molar-refractivity contribution in [2.45, 2.75) is 77.3 Å². The number of hydrogen-bond acceptors (Lipinski definition) is 3. The average Bonchev–Trinajstić information content (AvgIpc) is 2.91. The van der Waals surface area contributed by atoms with Crippen LogP contribution in [0.2, 0.25) is 0 Å². The SMILES string of the molecule is CC(C)NC(=NCC1CCS(=O)(=O)C1)NC1CCC2CCCCC2C1.I. The molecule has 1 aliphatic heterocycles. The molecule has 0 aromatic rings. The third-order valence-electron chi connectivity index (χ3n) is 6.14. The summed E-state index contributed by atoms with van der Waals surface area (Å²) >= 11 is 0. The van der Waals surface area contributed by atoms with E-state index in [9.17, 15) is 8.42 Å². The summed E-state index contributed by atoms with van der Waals surface area (Å²) in [5.74, 6) is 3.54. The van der Waals surface area contributed by atoms with Crippen molar-refractivity contribution in [2.24, 2.45) is 22.7 Å². The zero-order chi connectivity index (χ0) is 17.9. The lowest BCUT2D eigenvalue weighted by molar-refractivity contribution is 0.150. The number of nitrogens with zero attached hydrogens (tertiary/aromatic N) is 1. The van der Waals surface area contributed by atoms with Gasteiger partial charge < -0.3 is 10.6 Å². The number of halogens is 1. The standard InChI is InChI=1S/C19H35N3O2S.HI/c1-14(2)21-19(20-12-15-9-10-25(23,24)13-15)22-18-8-7-16-5-3-4-6-17(16)11-18;/h14-18H,3-13H2,1-2H3,(H2,20,21,22);1H. The molecule has 0 aromatic carbocycles. The summed E-state index contributed by atoms with van der Waals surface area (Å²) in [7, 11) is -2.82. The predicted molar refractivity (Wildman–Crippen MR) is 119 cm³/mol. The summed E-state index contributed by atoms with van der Waals surface area (Å²) < 4.78 is 23.3. The Morgan fingerprint density at radius 1 is 1.08 bits per heavy atom.